The van der Waals surface area contributed by atoms with E-state index in [0.717, 1.165) is 31.7 Å². The quantitative estimate of drug-likeness (QED) is 0.808. The third-order valence-electron chi connectivity index (χ3n) is 3.11. The monoisotopic (exact) mass is 268 g/mol. The summed E-state index contributed by atoms with van der Waals surface area (Å²) >= 11 is 5.78. The summed E-state index contributed by atoms with van der Waals surface area (Å²) < 4.78 is 13.7. The Morgan fingerprint density at radius 2 is 2.33 bits per heavy atom. The fourth-order valence-electron chi connectivity index (χ4n) is 2.20. The van der Waals surface area contributed by atoms with Gasteiger partial charge in [-0.1, -0.05) is 11.6 Å². The number of nitrogens with one attached hydrogen (secondary N) is 1. The number of hydrogen-bond donors (Lipinski definition) is 2. The standard InChI is InChI=1S/C12H14ClFN4/c13-11-7(6-15)4-10(14)12(18-11)17-9-3-1-2-8(16)5-9/h4,8-9H,1-3,5,16H2,(H,17,18). The fourth-order valence-corrected chi connectivity index (χ4v) is 2.38. The van der Waals surface area contributed by atoms with Crippen LogP contribution >= 0.6 is 11.6 Å². The van der Waals surface area contributed by atoms with E-state index in [2.05, 4.69) is 10.3 Å². The molecule has 0 aromatic carbocycles. The lowest BCUT2D eigenvalue weighted by molar-refractivity contribution is 0.407. The van der Waals surface area contributed by atoms with Crippen molar-refractivity contribution in [3.63, 3.8) is 0 Å². The molecule has 0 radical (unpaired) electrons. The minimum Gasteiger partial charge on any atom is -0.365 e. The summed E-state index contributed by atoms with van der Waals surface area (Å²) in [5.74, 6) is -0.465. The molecule has 96 valence electrons. The molecule has 0 amide bonds. The molecule has 2 unspecified atom stereocenters. The Labute approximate surface area is 110 Å². The second-order valence-corrected chi connectivity index (χ2v) is 4.89. The highest BCUT2D eigenvalue weighted by molar-refractivity contribution is 6.30. The van der Waals surface area contributed by atoms with Gasteiger partial charge in [-0.15, -0.1) is 0 Å². The molecule has 0 bridgehead atoms. The van der Waals surface area contributed by atoms with E-state index < -0.39 is 5.82 Å². The highest BCUT2D eigenvalue weighted by Crippen LogP contribution is 2.24. The largest absolute Gasteiger partial charge is 0.365 e. The smallest absolute Gasteiger partial charge is 0.166 e. The number of nitrogens with zero attached hydrogens (tertiary/aromatic N) is 2. The van der Waals surface area contributed by atoms with Gasteiger partial charge in [-0.05, 0) is 31.7 Å². The van der Waals surface area contributed by atoms with Crippen LogP contribution in [0.25, 0.3) is 0 Å². The summed E-state index contributed by atoms with van der Waals surface area (Å²) in [6, 6.07) is 3.15. The van der Waals surface area contributed by atoms with Crippen LogP contribution in [-0.4, -0.2) is 17.1 Å². The summed E-state index contributed by atoms with van der Waals surface area (Å²) in [5.41, 5.74) is 5.91. The van der Waals surface area contributed by atoms with Gasteiger partial charge in [0.05, 0.1) is 5.56 Å². The van der Waals surface area contributed by atoms with E-state index in [1.165, 1.54) is 0 Å². The van der Waals surface area contributed by atoms with Gasteiger partial charge in [-0.2, -0.15) is 5.26 Å². The molecule has 0 spiro atoms. The van der Waals surface area contributed by atoms with Crippen molar-refractivity contribution in [2.24, 2.45) is 5.73 Å². The summed E-state index contributed by atoms with van der Waals surface area (Å²) in [6.07, 6.45) is 3.75. The molecule has 1 aliphatic carbocycles. The lowest BCUT2D eigenvalue weighted by atomic mass is 9.91. The van der Waals surface area contributed by atoms with Crippen LogP contribution in [-0.2, 0) is 0 Å². The Hall–Kier alpha value is -1.38. The van der Waals surface area contributed by atoms with Crippen LogP contribution in [0.3, 0.4) is 0 Å². The molecule has 2 atom stereocenters. The molecule has 1 aliphatic rings. The first-order valence-electron chi connectivity index (χ1n) is 5.88. The van der Waals surface area contributed by atoms with Crippen LogP contribution < -0.4 is 11.1 Å². The number of aromatic nitrogens is 1. The van der Waals surface area contributed by atoms with Crippen molar-refractivity contribution in [3.8, 4) is 6.07 Å². The van der Waals surface area contributed by atoms with Crippen molar-refractivity contribution in [2.75, 3.05) is 5.32 Å². The van der Waals surface area contributed by atoms with Crippen LogP contribution in [0.15, 0.2) is 6.07 Å². The van der Waals surface area contributed by atoms with Crippen molar-refractivity contribution in [1.82, 2.24) is 4.98 Å². The predicted octanol–water partition coefficient (Wildman–Crippen LogP) is 2.43. The van der Waals surface area contributed by atoms with Crippen LogP contribution in [0.2, 0.25) is 5.15 Å². The summed E-state index contributed by atoms with van der Waals surface area (Å²) in [6.45, 7) is 0. The van der Waals surface area contributed by atoms with Crippen LogP contribution in [0.5, 0.6) is 0 Å². The van der Waals surface area contributed by atoms with Gasteiger partial charge in [-0.25, -0.2) is 9.37 Å². The van der Waals surface area contributed by atoms with Gasteiger partial charge in [0.2, 0.25) is 0 Å². The Kier molecular flexibility index (Phi) is 4.00. The number of rotatable bonds is 2. The average molecular weight is 269 g/mol. The zero-order valence-corrected chi connectivity index (χ0v) is 10.5. The molecular weight excluding hydrogens is 255 g/mol. The third kappa shape index (κ3) is 2.89. The predicted molar refractivity (Wildman–Crippen MR) is 67.8 cm³/mol. The van der Waals surface area contributed by atoms with E-state index in [0.29, 0.717) is 0 Å². The first-order valence-corrected chi connectivity index (χ1v) is 6.26. The van der Waals surface area contributed by atoms with E-state index in [-0.39, 0.29) is 28.6 Å². The molecular formula is C12H14ClFN4. The van der Waals surface area contributed by atoms with Gasteiger partial charge in [0.15, 0.2) is 11.6 Å². The maximum atomic E-state index is 13.7. The molecule has 0 saturated heterocycles. The maximum Gasteiger partial charge on any atom is 0.166 e. The first kappa shape index (κ1) is 13.1. The van der Waals surface area contributed by atoms with Crippen molar-refractivity contribution >= 4 is 17.4 Å². The second kappa shape index (κ2) is 5.51. The molecule has 1 aromatic rings. The normalized spacial score (nSPS) is 23.4. The molecule has 4 nitrogen and oxygen atoms in total. The van der Waals surface area contributed by atoms with E-state index in [9.17, 15) is 4.39 Å². The highest BCUT2D eigenvalue weighted by Gasteiger charge is 2.21. The van der Waals surface area contributed by atoms with Crippen LogP contribution in [0, 0.1) is 17.1 Å². The third-order valence-corrected chi connectivity index (χ3v) is 3.39. The Bertz CT molecular complexity index is 486. The lowest BCUT2D eigenvalue weighted by Gasteiger charge is -2.27. The number of hydrogen-bond acceptors (Lipinski definition) is 4. The number of halogens is 2. The van der Waals surface area contributed by atoms with Gasteiger partial charge >= 0.3 is 0 Å². The lowest BCUT2D eigenvalue weighted by Crippen LogP contribution is -2.35. The van der Waals surface area contributed by atoms with Gasteiger partial charge in [0, 0.05) is 12.1 Å². The van der Waals surface area contributed by atoms with Crippen LogP contribution in [0.1, 0.15) is 31.2 Å². The molecule has 2 rings (SSSR count). The van der Waals surface area contributed by atoms with E-state index >= 15 is 0 Å². The van der Waals surface area contributed by atoms with Gasteiger partial charge < -0.3 is 11.1 Å². The van der Waals surface area contributed by atoms with Gasteiger partial charge in [-0.3, -0.25) is 0 Å². The van der Waals surface area contributed by atoms with Crippen molar-refractivity contribution in [2.45, 2.75) is 37.8 Å². The second-order valence-electron chi connectivity index (χ2n) is 4.54. The molecule has 18 heavy (non-hydrogen) atoms. The van der Waals surface area contributed by atoms with E-state index in [1.807, 2.05) is 0 Å². The Morgan fingerprint density at radius 1 is 1.56 bits per heavy atom. The van der Waals surface area contributed by atoms with Crippen molar-refractivity contribution < 1.29 is 4.39 Å². The SMILES string of the molecule is N#Cc1cc(F)c(NC2CCCC(N)C2)nc1Cl. The minimum atomic E-state index is -0.560. The molecule has 1 fully saturated rings. The zero-order chi connectivity index (χ0) is 13.1. The van der Waals surface area contributed by atoms with Gasteiger partial charge in [0.25, 0.3) is 0 Å². The van der Waals surface area contributed by atoms with Crippen molar-refractivity contribution in [3.05, 3.63) is 22.6 Å². The first-order chi connectivity index (χ1) is 8.60. The molecule has 1 saturated carbocycles. The number of nitrogens with two attached hydrogens (primary N) is 1. The van der Waals surface area contributed by atoms with E-state index in [1.54, 1.807) is 6.07 Å². The summed E-state index contributed by atoms with van der Waals surface area (Å²) in [4.78, 5) is 3.88. The molecule has 1 heterocycles. The number of anilines is 1. The average Bonchev–Trinajstić information content (AvgIpc) is 2.33. The maximum absolute atomic E-state index is 13.7. The van der Waals surface area contributed by atoms with E-state index in [4.69, 9.17) is 22.6 Å². The molecule has 1 aromatic heterocycles. The van der Waals surface area contributed by atoms with Crippen molar-refractivity contribution in [1.29, 1.82) is 5.26 Å². The summed E-state index contributed by atoms with van der Waals surface area (Å²) in [5, 5.41) is 11.7. The zero-order valence-electron chi connectivity index (χ0n) is 9.79. The van der Waals surface area contributed by atoms with Crippen LogP contribution in [0.4, 0.5) is 10.2 Å². The molecule has 3 N–H and O–H groups in total. The number of nitriles is 1. The Balaban J connectivity index is 2.14. The number of pyridine rings is 1. The summed E-state index contributed by atoms with van der Waals surface area (Å²) in [7, 11) is 0. The molecule has 6 heteroatoms. The fraction of sp³-hybridized carbons (Fsp3) is 0.500. The molecule has 0 aliphatic heterocycles. The topological polar surface area (TPSA) is 74.7 Å². The minimum absolute atomic E-state index is 0.0153. The highest BCUT2D eigenvalue weighted by atomic mass is 35.5. The Morgan fingerprint density at radius 3 is 3.00 bits per heavy atom. The van der Waals surface area contributed by atoms with Gasteiger partial charge in [0.1, 0.15) is 11.2 Å².